The standard InChI is InChI=1S/C14H10ClF2N5O/c1-23-7-4-8(16)13(9(17)5-7)10-6-12(22-21-10)19-11-2-3-18-14(15)20-11/h2-6H,1H3,(H2,18,19,20,21,22). The highest BCUT2D eigenvalue weighted by Crippen LogP contribution is 2.30. The zero-order chi connectivity index (χ0) is 16.4. The molecule has 0 radical (unpaired) electrons. The Balaban J connectivity index is 1.90. The Morgan fingerprint density at radius 3 is 2.57 bits per heavy atom. The van der Waals surface area contributed by atoms with Crippen LogP contribution in [0.3, 0.4) is 0 Å². The third-order valence-corrected chi connectivity index (χ3v) is 3.16. The molecule has 2 aromatic heterocycles. The van der Waals surface area contributed by atoms with Crippen molar-refractivity contribution >= 4 is 23.2 Å². The molecule has 0 spiro atoms. The van der Waals surface area contributed by atoms with E-state index in [4.69, 9.17) is 16.3 Å². The first kappa shape index (κ1) is 15.2. The largest absolute Gasteiger partial charge is 0.497 e. The number of ether oxygens (including phenoxy) is 1. The molecule has 3 aromatic rings. The summed E-state index contributed by atoms with van der Waals surface area (Å²) in [4.78, 5) is 7.68. The van der Waals surface area contributed by atoms with E-state index in [1.165, 1.54) is 19.4 Å². The van der Waals surface area contributed by atoms with Crippen LogP contribution in [0.2, 0.25) is 5.28 Å². The number of nitrogens with one attached hydrogen (secondary N) is 2. The van der Waals surface area contributed by atoms with Gasteiger partial charge in [-0.3, -0.25) is 5.10 Å². The van der Waals surface area contributed by atoms with Crippen molar-refractivity contribution in [1.29, 1.82) is 0 Å². The summed E-state index contributed by atoms with van der Waals surface area (Å²) in [6, 6.07) is 5.21. The number of halogens is 3. The maximum atomic E-state index is 14.0. The lowest BCUT2D eigenvalue weighted by Crippen LogP contribution is -1.94. The Morgan fingerprint density at radius 2 is 1.91 bits per heavy atom. The number of methoxy groups -OCH3 is 1. The van der Waals surface area contributed by atoms with Crippen LogP contribution >= 0.6 is 11.6 Å². The molecule has 6 nitrogen and oxygen atoms in total. The number of aromatic nitrogens is 4. The fourth-order valence-electron chi connectivity index (χ4n) is 1.97. The van der Waals surface area contributed by atoms with E-state index < -0.39 is 11.6 Å². The van der Waals surface area contributed by atoms with Gasteiger partial charge in [-0.25, -0.2) is 18.7 Å². The molecule has 0 aliphatic carbocycles. The smallest absolute Gasteiger partial charge is 0.224 e. The molecule has 23 heavy (non-hydrogen) atoms. The molecule has 0 amide bonds. The molecular weight excluding hydrogens is 328 g/mol. The number of hydrogen-bond donors (Lipinski definition) is 2. The number of aromatic amines is 1. The van der Waals surface area contributed by atoms with E-state index in [0.717, 1.165) is 12.1 Å². The molecule has 1 aromatic carbocycles. The molecule has 0 saturated heterocycles. The lowest BCUT2D eigenvalue weighted by atomic mass is 10.1. The van der Waals surface area contributed by atoms with Crippen LogP contribution in [0.5, 0.6) is 5.75 Å². The molecule has 0 aliphatic rings. The summed E-state index contributed by atoms with van der Waals surface area (Å²) in [6.07, 6.45) is 1.47. The molecule has 0 aliphatic heterocycles. The Labute approximate surface area is 134 Å². The predicted octanol–water partition coefficient (Wildman–Crippen LogP) is 3.55. The molecular formula is C14H10ClF2N5O. The Bertz CT molecular complexity index is 832. The summed E-state index contributed by atoms with van der Waals surface area (Å²) in [6.45, 7) is 0. The molecule has 2 heterocycles. The predicted molar refractivity (Wildman–Crippen MR) is 80.8 cm³/mol. The zero-order valence-corrected chi connectivity index (χ0v) is 12.5. The van der Waals surface area contributed by atoms with Gasteiger partial charge in [0, 0.05) is 24.4 Å². The van der Waals surface area contributed by atoms with Gasteiger partial charge in [-0.15, -0.1) is 0 Å². The highest BCUT2D eigenvalue weighted by Gasteiger charge is 2.16. The number of H-pyrrole nitrogens is 1. The number of rotatable bonds is 4. The van der Waals surface area contributed by atoms with Crippen molar-refractivity contribution < 1.29 is 13.5 Å². The molecule has 0 unspecified atom stereocenters. The summed E-state index contributed by atoms with van der Waals surface area (Å²) >= 11 is 5.68. The van der Waals surface area contributed by atoms with Gasteiger partial charge in [0.25, 0.3) is 0 Å². The van der Waals surface area contributed by atoms with E-state index in [2.05, 4.69) is 25.5 Å². The topological polar surface area (TPSA) is 75.7 Å². The van der Waals surface area contributed by atoms with Crippen LogP contribution < -0.4 is 10.1 Å². The first-order chi connectivity index (χ1) is 11.1. The first-order valence-electron chi connectivity index (χ1n) is 6.41. The first-order valence-corrected chi connectivity index (χ1v) is 6.79. The zero-order valence-electron chi connectivity index (χ0n) is 11.8. The van der Waals surface area contributed by atoms with Crippen LogP contribution in [0.25, 0.3) is 11.3 Å². The van der Waals surface area contributed by atoms with Crippen molar-refractivity contribution in [2.75, 3.05) is 12.4 Å². The van der Waals surface area contributed by atoms with E-state index in [0.29, 0.717) is 11.6 Å². The minimum Gasteiger partial charge on any atom is -0.497 e. The van der Waals surface area contributed by atoms with Crippen LogP contribution in [0.4, 0.5) is 20.4 Å². The van der Waals surface area contributed by atoms with Crippen LogP contribution in [0.15, 0.2) is 30.5 Å². The van der Waals surface area contributed by atoms with Crippen molar-refractivity contribution in [2.45, 2.75) is 0 Å². The van der Waals surface area contributed by atoms with E-state index in [1.807, 2.05) is 0 Å². The summed E-state index contributed by atoms with van der Waals surface area (Å²) in [5.41, 5.74) is -0.0580. The van der Waals surface area contributed by atoms with Gasteiger partial charge in [-0.05, 0) is 17.7 Å². The van der Waals surface area contributed by atoms with Gasteiger partial charge in [-0.1, -0.05) is 0 Å². The van der Waals surface area contributed by atoms with Crippen molar-refractivity contribution in [3.8, 4) is 17.0 Å². The molecule has 9 heteroatoms. The Morgan fingerprint density at radius 1 is 1.17 bits per heavy atom. The second-order valence-corrected chi connectivity index (χ2v) is 4.81. The van der Waals surface area contributed by atoms with Gasteiger partial charge in [0.05, 0.1) is 18.4 Å². The fraction of sp³-hybridized carbons (Fsp3) is 0.0714. The monoisotopic (exact) mass is 337 g/mol. The van der Waals surface area contributed by atoms with E-state index in [1.54, 1.807) is 6.07 Å². The quantitative estimate of drug-likeness (QED) is 0.712. The summed E-state index contributed by atoms with van der Waals surface area (Å²) in [7, 11) is 1.33. The summed E-state index contributed by atoms with van der Waals surface area (Å²) in [5.74, 6) is -0.704. The van der Waals surface area contributed by atoms with Crippen LogP contribution in [0, 0.1) is 11.6 Å². The van der Waals surface area contributed by atoms with E-state index in [-0.39, 0.29) is 22.3 Å². The number of hydrogen-bond acceptors (Lipinski definition) is 5. The minimum atomic E-state index is -0.762. The fourth-order valence-corrected chi connectivity index (χ4v) is 2.12. The van der Waals surface area contributed by atoms with Crippen LogP contribution in [-0.2, 0) is 0 Å². The number of nitrogens with zero attached hydrogens (tertiary/aromatic N) is 3. The Kier molecular flexibility index (Phi) is 4.07. The van der Waals surface area contributed by atoms with Gasteiger partial charge in [0.1, 0.15) is 23.2 Å². The second kappa shape index (κ2) is 6.17. The SMILES string of the molecule is COc1cc(F)c(-c2cc(Nc3ccnc(Cl)n3)n[nH]2)c(F)c1. The molecule has 2 N–H and O–H groups in total. The van der Waals surface area contributed by atoms with Crippen molar-refractivity contribution in [3.05, 3.63) is 47.4 Å². The highest BCUT2D eigenvalue weighted by molar-refractivity contribution is 6.28. The molecule has 0 saturated carbocycles. The van der Waals surface area contributed by atoms with Crippen LogP contribution in [-0.4, -0.2) is 27.3 Å². The van der Waals surface area contributed by atoms with Crippen molar-refractivity contribution in [3.63, 3.8) is 0 Å². The number of benzene rings is 1. The summed E-state index contributed by atoms with van der Waals surface area (Å²) < 4.78 is 32.9. The molecule has 3 rings (SSSR count). The maximum absolute atomic E-state index is 14.0. The molecule has 118 valence electrons. The minimum absolute atomic E-state index is 0.0676. The molecule has 0 bridgehead atoms. The van der Waals surface area contributed by atoms with Gasteiger partial charge in [-0.2, -0.15) is 5.10 Å². The van der Waals surface area contributed by atoms with Gasteiger partial charge >= 0.3 is 0 Å². The molecule has 0 fully saturated rings. The van der Waals surface area contributed by atoms with E-state index >= 15 is 0 Å². The van der Waals surface area contributed by atoms with Crippen LogP contribution in [0.1, 0.15) is 0 Å². The molecule has 0 atom stereocenters. The third-order valence-electron chi connectivity index (χ3n) is 2.98. The van der Waals surface area contributed by atoms with E-state index in [9.17, 15) is 8.78 Å². The lowest BCUT2D eigenvalue weighted by Gasteiger charge is -2.05. The number of anilines is 2. The second-order valence-electron chi connectivity index (χ2n) is 4.47. The average molecular weight is 338 g/mol. The van der Waals surface area contributed by atoms with Crippen molar-refractivity contribution in [1.82, 2.24) is 20.2 Å². The van der Waals surface area contributed by atoms with Crippen molar-refractivity contribution in [2.24, 2.45) is 0 Å². The Hall–Kier alpha value is -2.74. The van der Waals surface area contributed by atoms with Gasteiger partial charge in [0.2, 0.25) is 5.28 Å². The lowest BCUT2D eigenvalue weighted by molar-refractivity contribution is 0.407. The van der Waals surface area contributed by atoms with Gasteiger partial charge < -0.3 is 10.1 Å². The third kappa shape index (κ3) is 3.21. The summed E-state index contributed by atoms with van der Waals surface area (Å²) in [5, 5.41) is 9.42. The van der Waals surface area contributed by atoms with Gasteiger partial charge in [0.15, 0.2) is 5.82 Å². The normalized spacial score (nSPS) is 10.6. The maximum Gasteiger partial charge on any atom is 0.224 e. The average Bonchev–Trinajstić information content (AvgIpc) is 2.94. The highest BCUT2D eigenvalue weighted by atomic mass is 35.5.